The van der Waals surface area contributed by atoms with Crippen LogP contribution in [0.25, 0.3) is 0 Å². The van der Waals surface area contributed by atoms with Crippen LogP contribution in [0.4, 0.5) is 5.69 Å². The Labute approximate surface area is 139 Å². The Morgan fingerprint density at radius 3 is 2.52 bits per heavy atom. The molecule has 23 heavy (non-hydrogen) atoms. The second-order valence-electron chi connectivity index (χ2n) is 5.21. The number of benzene rings is 1. The summed E-state index contributed by atoms with van der Waals surface area (Å²) in [6, 6.07) is 9.41. The molecule has 0 radical (unpaired) electrons. The van der Waals surface area contributed by atoms with E-state index in [0.717, 1.165) is 17.7 Å². The summed E-state index contributed by atoms with van der Waals surface area (Å²) in [5.74, 6) is -0.0831. The minimum Gasteiger partial charge on any atom is -0.399 e. The molecular formula is C17H21N3O2S. The van der Waals surface area contributed by atoms with Gasteiger partial charge in [0.05, 0.1) is 0 Å². The van der Waals surface area contributed by atoms with Crippen LogP contribution in [-0.4, -0.2) is 24.9 Å². The lowest BCUT2D eigenvalue weighted by Crippen LogP contribution is -2.28. The van der Waals surface area contributed by atoms with Gasteiger partial charge in [0.1, 0.15) is 0 Å². The zero-order chi connectivity index (χ0) is 16.5. The first-order valence-electron chi connectivity index (χ1n) is 7.56. The second-order valence-corrected chi connectivity index (χ2v) is 5.99. The Bertz CT molecular complexity index is 624. The lowest BCUT2D eigenvalue weighted by molar-refractivity contribution is -0.121. The highest BCUT2D eigenvalue weighted by Gasteiger charge is 2.05. The Morgan fingerprint density at radius 2 is 1.83 bits per heavy atom. The summed E-state index contributed by atoms with van der Waals surface area (Å²) in [6.45, 7) is 1.10. The van der Waals surface area contributed by atoms with Gasteiger partial charge in [0.15, 0.2) is 0 Å². The Hall–Kier alpha value is -2.34. The zero-order valence-corrected chi connectivity index (χ0v) is 13.7. The van der Waals surface area contributed by atoms with E-state index in [-0.39, 0.29) is 11.8 Å². The molecule has 0 saturated carbocycles. The minimum atomic E-state index is -0.0880. The highest BCUT2D eigenvalue weighted by Crippen LogP contribution is 2.06. The summed E-state index contributed by atoms with van der Waals surface area (Å²) < 4.78 is 0. The molecule has 122 valence electrons. The normalized spacial score (nSPS) is 10.3. The smallest absolute Gasteiger partial charge is 0.252 e. The number of nitrogens with two attached hydrogens (primary N) is 1. The summed E-state index contributed by atoms with van der Waals surface area (Å²) in [6.07, 6.45) is 1.82. The van der Waals surface area contributed by atoms with Gasteiger partial charge in [-0.2, -0.15) is 11.3 Å². The van der Waals surface area contributed by atoms with Gasteiger partial charge in [0, 0.05) is 36.1 Å². The predicted octanol–water partition coefficient (Wildman–Crippen LogP) is 2.20. The molecule has 0 aliphatic carbocycles. The number of amides is 2. The molecule has 2 rings (SSSR count). The van der Waals surface area contributed by atoms with Crippen LogP contribution in [-0.2, 0) is 11.2 Å². The van der Waals surface area contributed by atoms with Crippen molar-refractivity contribution < 1.29 is 9.59 Å². The van der Waals surface area contributed by atoms with Crippen LogP contribution in [0.1, 0.15) is 28.8 Å². The largest absolute Gasteiger partial charge is 0.399 e. The molecule has 0 bridgehead atoms. The monoisotopic (exact) mass is 331 g/mol. The van der Waals surface area contributed by atoms with E-state index in [2.05, 4.69) is 10.6 Å². The van der Waals surface area contributed by atoms with E-state index in [1.807, 2.05) is 29.6 Å². The first-order valence-corrected chi connectivity index (χ1v) is 8.51. The van der Waals surface area contributed by atoms with Gasteiger partial charge in [-0.1, -0.05) is 12.1 Å². The maximum Gasteiger partial charge on any atom is 0.252 e. The molecule has 5 nitrogen and oxygen atoms in total. The van der Waals surface area contributed by atoms with E-state index in [4.69, 9.17) is 5.73 Å². The van der Waals surface area contributed by atoms with Gasteiger partial charge in [-0.15, -0.1) is 0 Å². The number of nitrogens with one attached hydrogen (secondary N) is 2. The van der Waals surface area contributed by atoms with Crippen molar-refractivity contribution in [1.29, 1.82) is 0 Å². The first kappa shape index (κ1) is 17.0. The highest BCUT2D eigenvalue weighted by atomic mass is 32.1. The molecule has 1 aromatic carbocycles. The fourth-order valence-electron chi connectivity index (χ4n) is 2.07. The topological polar surface area (TPSA) is 84.2 Å². The first-order chi connectivity index (χ1) is 11.1. The van der Waals surface area contributed by atoms with E-state index in [9.17, 15) is 9.59 Å². The van der Waals surface area contributed by atoms with Gasteiger partial charge in [0.2, 0.25) is 5.91 Å². The standard InChI is InChI=1S/C17H21N3O2S/c18-15-5-3-13(4-6-15)7-10-19-16(21)2-1-9-20-17(22)14-8-11-23-12-14/h3-6,8,11-12H,1-2,7,9-10,18H2,(H,19,21)(H,20,22). The van der Waals surface area contributed by atoms with E-state index in [0.29, 0.717) is 31.5 Å². The lowest BCUT2D eigenvalue weighted by Gasteiger charge is -2.06. The highest BCUT2D eigenvalue weighted by molar-refractivity contribution is 7.08. The third-order valence-corrected chi connectivity index (χ3v) is 4.05. The van der Waals surface area contributed by atoms with Crippen LogP contribution < -0.4 is 16.4 Å². The lowest BCUT2D eigenvalue weighted by atomic mass is 10.1. The fourth-order valence-corrected chi connectivity index (χ4v) is 2.70. The summed E-state index contributed by atoms with van der Waals surface area (Å²) in [5, 5.41) is 9.35. The summed E-state index contributed by atoms with van der Waals surface area (Å²) in [4.78, 5) is 23.4. The molecule has 0 aliphatic heterocycles. The van der Waals surface area contributed by atoms with Crippen molar-refractivity contribution in [3.63, 3.8) is 0 Å². The molecule has 0 atom stereocenters. The number of thiophene rings is 1. The molecule has 2 aromatic rings. The molecular weight excluding hydrogens is 310 g/mol. The van der Waals surface area contributed by atoms with Crippen molar-refractivity contribution >= 4 is 28.8 Å². The number of carbonyl (C=O) groups is 2. The fraction of sp³-hybridized carbons (Fsp3) is 0.294. The SMILES string of the molecule is Nc1ccc(CCNC(=O)CCCNC(=O)c2ccsc2)cc1. The summed E-state index contributed by atoms with van der Waals surface area (Å²) in [5.41, 5.74) is 8.17. The molecule has 0 saturated heterocycles. The van der Waals surface area contributed by atoms with E-state index in [1.54, 1.807) is 11.4 Å². The maximum absolute atomic E-state index is 11.7. The number of rotatable bonds is 8. The third kappa shape index (κ3) is 6.12. The van der Waals surface area contributed by atoms with Crippen LogP contribution in [0.15, 0.2) is 41.1 Å². The van der Waals surface area contributed by atoms with E-state index < -0.39 is 0 Å². The van der Waals surface area contributed by atoms with Crippen molar-refractivity contribution in [2.24, 2.45) is 0 Å². The summed E-state index contributed by atoms with van der Waals surface area (Å²) >= 11 is 1.49. The van der Waals surface area contributed by atoms with Gasteiger partial charge < -0.3 is 16.4 Å². The van der Waals surface area contributed by atoms with E-state index >= 15 is 0 Å². The Balaban J connectivity index is 1.55. The minimum absolute atomic E-state index is 0.00484. The van der Waals surface area contributed by atoms with Crippen LogP contribution in [0.5, 0.6) is 0 Å². The van der Waals surface area contributed by atoms with Crippen molar-refractivity contribution in [1.82, 2.24) is 10.6 Å². The quantitative estimate of drug-likeness (QED) is 0.512. The third-order valence-electron chi connectivity index (χ3n) is 3.37. The van der Waals surface area contributed by atoms with Crippen molar-refractivity contribution in [3.05, 3.63) is 52.2 Å². The molecule has 4 N–H and O–H groups in total. The number of hydrogen-bond acceptors (Lipinski definition) is 4. The molecule has 1 heterocycles. The van der Waals surface area contributed by atoms with Crippen molar-refractivity contribution in [3.8, 4) is 0 Å². The van der Waals surface area contributed by atoms with Crippen LogP contribution in [0.3, 0.4) is 0 Å². The van der Waals surface area contributed by atoms with Crippen LogP contribution in [0, 0.1) is 0 Å². The van der Waals surface area contributed by atoms with Crippen LogP contribution >= 0.6 is 11.3 Å². The molecule has 1 aromatic heterocycles. The molecule has 6 heteroatoms. The molecule has 0 spiro atoms. The summed E-state index contributed by atoms with van der Waals surface area (Å²) in [7, 11) is 0. The zero-order valence-electron chi connectivity index (χ0n) is 12.9. The Kier molecular flexibility index (Phi) is 6.62. The average Bonchev–Trinajstić information content (AvgIpc) is 3.08. The number of carbonyl (C=O) groups excluding carboxylic acids is 2. The number of nitrogen functional groups attached to an aromatic ring is 1. The van der Waals surface area contributed by atoms with Gasteiger partial charge in [-0.05, 0) is 42.0 Å². The number of anilines is 1. The maximum atomic E-state index is 11.7. The van der Waals surface area contributed by atoms with Crippen molar-refractivity contribution in [2.75, 3.05) is 18.8 Å². The van der Waals surface area contributed by atoms with Gasteiger partial charge in [-0.3, -0.25) is 9.59 Å². The molecule has 2 amide bonds. The molecule has 0 aliphatic rings. The molecule has 0 unspecified atom stereocenters. The Morgan fingerprint density at radius 1 is 1.04 bits per heavy atom. The van der Waals surface area contributed by atoms with Gasteiger partial charge in [-0.25, -0.2) is 0 Å². The second kappa shape index (κ2) is 8.95. The van der Waals surface area contributed by atoms with E-state index in [1.165, 1.54) is 11.3 Å². The predicted molar refractivity (Wildman–Crippen MR) is 93.5 cm³/mol. The molecule has 0 fully saturated rings. The number of hydrogen-bond donors (Lipinski definition) is 3. The van der Waals surface area contributed by atoms with Gasteiger partial charge in [0.25, 0.3) is 5.91 Å². The average molecular weight is 331 g/mol. The van der Waals surface area contributed by atoms with Gasteiger partial charge >= 0.3 is 0 Å². The van der Waals surface area contributed by atoms with Crippen LogP contribution in [0.2, 0.25) is 0 Å². The van der Waals surface area contributed by atoms with Crippen molar-refractivity contribution in [2.45, 2.75) is 19.3 Å².